The Morgan fingerprint density at radius 2 is 1.82 bits per heavy atom. The molecule has 0 aliphatic carbocycles. The Hall–Kier alpha value is -3.48. The van der Waals surface area contributed by atoms with Gasteiger partial charge in [-0.1, -0.05) is 38.1 Å². The summed E-state index contributed by atoms with van der Waals surface area (Å²) in [4.78, 5) is 45.8. The minimum atomic E-state index is -0.652. The average molecular weight is 457 g/mol. The molecule has 2 rings (SSSR count). The highest BCUT2D eigenvalue weighted by Gasteiger charge is 2.22. The Balaban J connectivity index is 0.00000154. The van der Waals surface area contributed by atoms with E-state index < -0.39 is 5.78 Å². The number of aromatic nitrogens is 1. The van der Waals surface area contributed by atoms with Crippen molar-refractivity contribution in [1.82, 2.24) is 9.88 Å². The van der Waals surface area contributed by atoms with Crippen molar-refractivity contribution in [2.24, 2.45) is 0 Å². The molecule has 0 spiro atoms. The molecule has 7 heteroatoms. The largest absolute Gasteiger partial charge is 0.483 e. The van der Waals surface area contributed by atoms with E-state index >= 15 is 0 Å². The predicted octanol–water partition coefficient (Wildman–Crippen LogP) is 4.60. The number of hydrogen-bond acceptors (Lipinski definition) is 5. The molecule has 0 unspecified atom stereocenters. The van der Waals surface area contributed by atoms with Crippen molar-refractivity contribution in [2.75, 3.05) is 6.61 Å². The highest BCUT2D eigenvalue weighted by Crippen LogP contribution is 2.33. The maximum atomic E-state index is 12.2. The molecule has 180 valence electrons. The summed E-state index contributed by atoms with van der Waals surface area (Å²) in [7, 11) is 0. The molecule has 1 N–H and O–H groups in total. The number of nitrogens with one attached hydrogen (secondary N) is 1. The summed E-state index contributed by atoms with van der Waals surface area (Å²) in [5, 5.41) is 3.14. The van der Waals surface area contributed by atoms with E-state index in [4.69, 9.17) is 4.74 Å². The van der Waals surface area contributed by atoms with Gasteiger partial charge in [0.1, 0.15) is 12.0 Å². The van der Waals surface area contributed by atoms with E-state index in [-0.39, 0.29) is 36.8 Å². The van der Waals surface area contributed by atoms with Gasteiger partial charge >= 0.3 is 0 Å². The first-order valence-corrected chi connectivity index (χ1v) is 11.0. The third kappa shape index (κ3) is 8.52. The van der Waals surface area contributed by atoms with Crippen LogP contribution in [0.1, 0.15) is 57.1 Å². The van der Waals surface area contributed by atoms with Crippen LogP contribution in [0.15, 0.2) is 43.0 Å². The third-order valence-electron chi connectivity index (χ3n) is 4.53. The van der Waals surface area contributed by atoms with Gasteiger partial charge in [0.15, 0.2) is 12.9 Å². The van der Waals surface area contributed by atoms with Gasteiger partial charge in [-0.15, -0.1) is 6.58 Å². The standard InChI is InChI=1S/C20H22N2O5.C4H8.C2H6/c1-4-9-22-14(3)19(16(25)11-24)20-15(22)6-5-7-17(20)27-12-18(26)21-13(2)8-10-23;1-3-4-2;1-2/h4-7,10-11,13H,1,8-9,12H2,2-3H3,(H,21,26);3-4H,1-2H3;1-2H3/b;4-3-;/t13-;;/m1../s1. The number of ether oxygens (including phenoxy) is 1. The molecule has 0 saturated carbocycles. The van der Waals surface area contributed by atoms with E-state index in [0.29, 0.717) is 28.9 Å². The van der Waals surface area contributed by atoms with E-state index in [0.717, 1.165) is 6.29 Å². The summed E-state index contributed by atoms with van der Waals surface area (Å²) in [6.45, 7) is 15.4. The summed E-state index contributed by atoms with van der Waals surface area (Å²) < 4.78 is 7.49. The van der Waals surface area contributed by atoms with E-state index in [2.05, 4.69) is 11.9 Å². The van der Waals surface area contributed by atoms with Gasteiger partial charge in [0.2, 0.25) is 5.78 Å². The number of rotatable bonds is 10. The number of Topliss-reactive ketones (excluding diaryl/α,β-unsaturated/α-hetero) is 1. The summed E-state index contributed by atoms with van der Waals surface area (Å²) in [5.41, 5.74) is 1.60. The minimum absolute atomic E-state index is 0.211. The van der Waals surface area contributed by atoms with Crippen LogP contribution in [0.5, 0.6) is 5.75 Å². The van der Waals surface area contributed by atoms with Gasteiger partial charge in [0.05, 0.1) is 16.5 Å². The fraction of sp³-hybridized carbons (Fsp3) is 0.385. The number of fused-ring (bicyclic) bond motifs is 1. The van der Waals surface area contributed by atoms with Crippen molar-refractivity contribution in [2.45, 2.75) is 60.5 Å². The second-order valence-corrected chi connectivity index (χ2v) is 6.82. The summed E-state index contributed by atoms with van der Waals surface area (Å²) >= 11 is 0. The second kappa shape index (κ2) is 16.2. The van der Waals surface area contributed by atoms with Gasteiger partial charge in [-0.2, -0.15) is 0 Å². The Labute approximate surface area is 196 Å². The predicted molar refractivity (Wildman–Crippen MR) is 133 cm³/mol. The van der Waals surface area contributed by atoms with Gasteiger partial charge in [-0.3, -0.25) is 14.4 Å². The molecule has 0 radical (unpaired) electrons. The Morgan fingerprint density at radius 3 is 2.33 bits per heavy atom. The zero-order chi connectivity index (χ0) is 25.4. The van der Waals surface area contributed by atoms with Crippen molar-refractivity contribution >= 4 is 35.2 Å². The van der Waals surface area contributed by atoms with E-state index in [9.17, 15) is 19.2 Å². The molecule has 1 amide bonds. The van der Waals surface area contributed by atoms with Crippen LogP contribution in [0.25, 0.3) is 10.9 Å². The number of carbonyl (C=O) groups is 4. The first-order valence-electron chi connectivity index (χ1n) is 11.0. The highest BCUT2D eigenvalue weighted by atomic mass is 16.5. The fourth-order valence-corrected chi connectivity index (χ4v) is 3.00. The first-order chi connectivity index (χ1) is 15.9. The van der Waals surface area contributed by atoms with Crippen LogP contribution < -0.4 is 10.1 Å². The maximum Gasteiger partial charge on any atom is 0.258 e. The first kappa shape index (κ1) is 29.5. The lowest BCUT2D eigenvalue weighted by atomic mass is 10.1. The van der Waals surface area contributed by atoms with Crippen LogP contribution in [-0.4, -0.2) is 41.5 Å². The van der Waals surface area contributed by atoms with Crippen molar-refractivity contribution < 1.29 is 23.9 Å². The monoisotopic (exact) mass is 456 g/mol. The molecule has 0 aliphatic rings. The van der Waals surface area contributed by atoms with Gasteiger partial charge < -0.3 is 19.4 Å². The normalized spacial score (nSPS) is 10.8. The van der Waals surface area contributed by atoms with Crippen molar-refractivity contribution in [3.63, 3.8) is 0 Å². The molecule has 0 saturated heterocycles. The molecule has 33 heavy (non-hydrogen) atoms. The van der Waals surface area contributed by atoms with Crippen LogP contribution in [-0.2, 0) is 20.9 Å². The quantitative estimate of drug-likeness (QED) is 0.244. The molecule has 1 aromatic heterocycles. The molecule has 1 atom stereocenters. The summed E-state index contributed by atoms with van der Waals surface area (Å²) in [6.07, 6.45) is 6.90. The zero-order valence-corrected chi connectivity index (χ0v) is 20.5. The SMILES string of the molecule is C/C=C\C.C=CCn1c(C)c(C(=O)C=O)c2c(OCC(=O)N[C@H](C)CC=O)cccc21.CC. The van der Waals surface area contributed by atoms with Crippen LogP contribution in [0, 0.1) is 6.92 Å². The Kier molecular flexibility index (Phi) is 14.5. The topological polar surface area (TPSA) is 94.5 Å². The van der Waals surface area contributed by atoms with Gasteiger partial charge in [-0.05, 0) is 39.8 Å². The van der Waals surface area contributed by atoms with Crippen molar-refractivity contribution in [1.29, 1.82) is 0 Å². The molecule has 2 aromatic rings. The highest BCUT2D eigenvalue weighted by molar-refractivity contribution is 6.37. The van der Waals surface area contributed by atoms with E-state index in [1.54, 1.807) is 32.1 Å². The molecule has 0 fully saturated rings. The third-order valence-corrected chi connectivity index (χ3v) is 4.53. The smallest absolute Gasteiger partial charge is 0.258 e. The van der Waals surface area contributed by atoms with E-state index in [1.165, 1.54) is 0 Å². The van der Waals surface area contributed by atoms with Gasteiger partial charge in [0.25, 0.3) is 5.91 Å². The number of nitrogens with zero attached hydrogens (tertiary/aromatic N) is 1. The zero-order valence-electron chi connectivity index (χ0n) is 20.5. The molecule has 7 nitrogen and oxygen atoms in total. The number of hydrogen-bond donors (Lipinski definition) is 1. The van der Waals surface area contributed by atoms with Gasteiger partial charge in [-0.25, -0.2) is 0 Å². The summed E-state index contributed by atoms with van der Waals surface area (Å²) in [6, 6.07) is 4.91. The lowest BCUT2D eigenvalue weighted by molar-refractivity contribution is -0.123. The molecular formula is C26H36N2O5. The lowest BCUT2D eigenvalue weighted by Crippen LogP contribution is -2.36. The number of aldehydes is 2. The second-order valence-electron chi connectivity index (χ2n) is 6.82. The number of benzene rings is 1. The van der Waals surface area contributed by atoms with Crippen molar-refractivity contribution in [3.8, 4) is 5.75 Å². The Bertz CT molecular complexity index is 969. The minimum Gasteiger partial charge on any atom is -0.483 e. The van der Waals surface area contributed by atoms with Crippen LogP contribution >= 0.6 is 0 Å². The molecule has 1 heterocycles. The van der Waals surface area contributed by atoms with E-state index in [1.807, 2.05) is 50.5 Å². The van der Waals surface area contributed by atoms with Crippen LogP contribution in [0.4, 0.5) is 0 Å². The molecule has 0 aliphatic heterocycles. The van der Waals surface area contributed by atoms with Gasteiger partial charge in [0, 0.05) is 24.7 Å². The number of allylic oxidation sites excluding steroid dienone is 3. The summed E-state index contributed by atoms with van der Waals surface area (Å²) in [5.74, 6) is -0.700. The number of carbonyl (C=O) groups excluding carboxylic acids is 4. The van der Waals surface area contributed by atoms with Crippen LogP contribution in [0.2, 0.25) is 0 Å². The van der Waals surface area contributed by atoms with Crippen LogP contribution in [0.3, 0.4) is 0 Å². The average Bonchev–Trinajstić information content (AvgIpc) is 3.11. The maximum absolute atomic E-state index is 12.2. The number of amides is 1. The number of ketones is 1. The fourth-order valence-electron chi connectivity index (χ4n) is 3.00. The lowest BCUT2D eigenvalue weighted by Gasteiger charge is -2.12. The molecule has 1 aromatic carbocycles. The molecular weight excluding hydrogens is 420 g/mol. The Morgan fingerprint density at radius 1 is 1.18 bits per heavy atom. The molecule has 0 bridgehead atoms. The van der Waals surface area contributed by atoms with Crippen molar-refractivity contribution in [3.05, 3.63) is 54.3 Å².